The molecule has 26 heavy (non-hydrogen) atoms. The van der Waals surface area contributed by atoms with E-state index in [9.17, 15) is 4.39 Å². The Labute approximate surface area is 156 Å². The second kappa shape index (κ2) is 7.27. The van der Waals surface area contributed by atoms with Crippen LogP contribution in [0.25, 0.3) is 22.9 Å². The number of rotatable bonds is 5. The van der Waals surface area contributed by atoms with E-state index < -0.39 is 0 Å². The number of hydrogen-bond acceptors (Lipinski definition) is 7. The molecule has 0 unspecified atom stereocenters. The van der Waals surface area contributed by atoms with Gasteiger partial charge < -0.3 is 8.83 Å². The molecule has 0 aliphatic rings. The molecule has 9 heteroatoms. The van der Waals surface area contributed by atoms with E-state index in [0.29, 0.717) is 44.8 Å². The molecule has 0 amide bonds. The van der Waals surface area contributed by atoms with Crippen LogP contribution in [-0.4, -0.2) is 20.4 Å². The van der Waals surface area contributed by atoms with Crippen LogP contribution in [0.15, 0.2) is 62.6 Å². The Kier molecular flexibility index (Phi) is 4.68. The summed E-state index contributed by atoms with van der Waals surface area (Å²) in [5.41, 5.74) is 1.32. The highest BCUT2D eigenvalue weighted by Crippen LogP contribution is 2.30. The molecule has 0 bridgehead atoms. The number of thioether (sulfide) groups is 1. The van der Waals surface area contributed by atoms with Crippen LogP contribution in [0.5, 0.6) is 0 Å². The molecule has 6 nitrogen and oxygen atoms in total. The van der Waals surface area contributed by atoms with Gasteiger partial charge in [-0.3, -0.25) is 0 Å². The van der Waals surface area contributed by atoms with Crippen molar-refractivity contribution >= 4 is 23.4 Å². The molecule has 0 spiro atoms. The molecule has 2 aromatic heterocycles. The first-order chi connectivity index (χ1) is 12.7. The minimum Gasteiger partial charge on any atom is -0.420 e. The highest BCUT2D eigenvalue weighted by molar-refractivity contribution is 7.98. The molecule has 0 saturated heterocycles. The van der Waals surface area contributed by atoms with Crippen molar-refractivity contribution in [1.82, 2.24) is 20.4 Å². The van der Waals surface area contributed by atoms with Gasteiger partial charge in [-0.25, -0.2) is 4.39 Å². The first kappa shape index (κ1) is 16.7. The predicted molar refractivity (Wildman–Crippen MR) is 94.0 cm³/mol. The number of hydrogen-bond donors (Lipinski definition) is 0. The van der Waals surface area contributed by atoms with Crippen LogP contribution in [0.4, 0.5) is 4.39 Å². The first-order valence-electron chi connectivity index (χ1n) is 7.48. The van der Waals surface area contributed by atoms with Crippen molar-refractivity contribution in [1.29, 1.82) is 0 Å². The Hall–Kier alpha value is -2.71. The summed E-state index contributed by atoms with van der Waals surface area (Å²) in [6.45, 7) is 0. The van der Waals surface area contributed by atoms with E-state index in [0.717, 1.165) is 0 Å². The molecule has 0 aliphatic heterocycles. The van der Waals surface area contributed by atoms with Gasteiger partial charge in [-0.05, 0) is 36.4 Å². The number of aromatic nitrogens is 4. The standard InChI is InChI=1S/C17H10ClFN4O2S/c18-13-4-2-1-3-12(13)16-22-23-17(25-16)26-9-14-20-21-15(24-14)10-5-7-11(19)8-6-10/h1-8H,9H2. The third-order valence-electron chi connectivity index (χ3n) is 3.39. The highest BCUT2D eigenvalue weighted by atomic mass is 35.5. The maximum absolute atomic E-state index is 13.0. The zero-order chi connectivity index (χ0) is 17.9. The number of benzene rings is 2. The molecule has 130 valence electrons. The lowest BCUT2D eigenvalue weighted by Gasteiger charge is -1.96. The van der Waals surface area contributed by atoms with Gasteiger partial charge in [0.05, 0.1) is 16.3 Å². The monoisotopic (exact) mass is 388 g/mol. The zero-order valence-electron chi connectivity index (χ0n) is 13.1. The highest BCUT2D eigenvalue weighted by Gasteiger charge is 2.14. The lowest BCUT2D eigenvalue weighted by atomic mass is 10.2. The first-order valence-corrected chi connectivity index (χ1v) is 8.85. The van der Waals surface area contributed by atoms with Crippen molar-refractivity contribution in [3.63, 3.8) is 0 Å². The van der Waals surface area contributed by atoms with Gasteiger partial charge in [0.25, 0.3) is 5.22 Å². The molecule has 0 saturated carbocycles. The smallest absolute Gasteiger partial charge is 0.277 e. The van der Waals surface area contributed by atoms with Crippen LogP contribution in [0.2, 0.25) is 5.02 Å². The molecule has 2 heterocycles. The average molecular weight is 389 g/mol. The van der Waals surface area contributed by atoms with Crippen molar-refractivity contribution in [2.75, 3.05) is 0 Å². The van der Waals surface area contributed by atoms with Gasteiger partial charge in [-0.2, -0.15) is 0 Å². The summed E-state index contributed by atoms with van der Waals surface area (Å²) in [5, 5.41) is 16.8. The van der Waals surface area contributed by atoms with Crippen LogP contribution >= 0.6 is 23.4 Å². The lowest BCUT2D eigenvalue weighted by molar-refractivity contribution is 0.464. The summed E-state index contributed by atoms with van der Waals surface area (Å²) in [6.07, 6.45) is 0. The summed E-state index contributed by atoms with van der Waals surface area (Å²) >= 11 is 7.39. The second-order valence-corrected chi connectivity index (χ2v) is 6.48. The Bertz CT molecular complexity index is 1040. The molecule has 4 rings (SSSR count). The van der Waals surface area contributed by atoms with Crippen molar-refractivity contribution < 1.29 is 13.2 Å². The molecule has 0 N–H and O–H groups in total. The van der Waals surface area contributed by atoms with Gasteiger partial charge in [0.15, 0.2) is 0 Å². The maximum Gasteiger partial charge on any atom is 0.277 e. The Morgan fingerprint density at radius 3 is 2.46 bits per heavy atom. The molecule has 4 aromatic rings. The summed E-state index contributed by atoms with van der Waals surface area (Å²) in [5.74, 6) is 1.10. The molecular formula is C17H10ClFN4O2S. The quantitative estimate of drug-likeness (QED) is 0.451. The van der Waals surface area contributed by atoms with Crippen LogP contribution in [0, 0.1) is 5.82 Å². The molecule has 0 atom stereocenters. The molecule has 0 fully saturated rings. The summed E-state index contributed by atoms with van der Waals surface area (Å²) in [7, 11) is 0. The van der Waals surface area contributed by atoms with Crippen molar-refractivity contribution in [2.24, 2.45) is 0 Å². The normalized spacial score (nSPS) is 11.0. The van der Waals surface area contributed by atoms with Crippen molar-refractivity contribution in [3.8, 4) is 22.9 Å². The van der Waals surface area contributed by atoms with E-state index in [4.69, 9.17) is 20.4 Å². The fourth-order valence-corrected chi connectivity index (χ4v) is 2.97. The molecule has 2 aromatic carbocycles. The fourth-order valence-electron chi connectivity index (χ4n) is 2.16. The van der Waals surface area contributed by atoms with Crippen LogP contribution in [-0.2, 0) is 5.75 Å². The van der Waals surface area contributed by atoms with Crippen molar-refractivity contribution in [3.05, 3.63) is 65.3 Å². The minimum absolute atomic E-state index is 0.322. The largest absolute Gasteiger partial charge is 0.420 e. The van der Waals surface area contributed by atoms with E-state index in [-0.39, 0.29) is 5.82 Å². The summed E-state index contributed by atoms with van der Waals surface area (Å²) < 4.78 is 24.1. The van der Waals surface area contributed by atoms with Gasteiger partial charge in [-0.1, -0.05) is 35.5 Å². The average Bonchev–Trinajstić information content (AvgIpc) is 3.30. The SMILES string of the molecule is Fc1ccc(-c2nnc(CSc3nnc(-c4ccccc4Cl)o3)o2)cc1. The van der Waals surface area contributed by atoms with E-state index in [1.165, 1.54) is 23.9 Å². The topological polar surface area (TPSA) is 77.8 Å². The summed E-state index contributed by atoms with van der Waals surface area (Å²) in [4.78, 5) is 0. The van der Waals surface area contributed by atoms with E-state index in [1.54, 1.807) is 24.3 Å². The second-order valence-electron chi connectivity index (χ2n) is 5.15. The third-order valence-corrected chi connectivity index (χ3v) is 4.52. The fraction of sp³-hybridized carbons (Fsp3) is 0.0588. The van der Waals surface area contributed by atoms with Gasteiger partial charge in [-0.15, -0.1) is 20.4 Å². The van der Waals surface area contributed by atoms with Crippen LogP contribution < -0.4 is 0 Å². The van der Waals surface area contributed by atoms with Gasteiger partial charge in [0.1, 0.15) is 5.82 Å². The maximum atomic E-state index is 13.0. The third kappa shape index (κ3) is 3.61. The molecular weight excluding hydrogens is 379 g/mol. The van der Waals surface area contributed by atoms with Crippen molar-refractivity contribution in [2.45, 2.75) is 11.0 Å². The van der Waals surface area contributed by atoms with Gasteiger partial charge in [0.2, 0.25) is 17.7 Å². The zero-order valence-corrected chi connectivity index (χ0v) is 14.7. The minimum atomic E-state index is -0.324. The number of halogens is 2. The predicted octanol–water partition coefficient (Wildman–Crippen LogP) is 4.87. The van der Waals surface area contributed by atoms with E-state index in [1.807, 2.05) is 12.1 Å². The summed E-state index contributed by atoms with van der Waals surface area (Å²) in [6, 6.07) is 13.0. The van der Waals surface area contributed by atoms with E-state index >= 15 is 0 Å². The Balaban J connectivity index is 1.44. The lowest BCUT2D eigenvalue weighted by Crippen LogP contribution is -1.80. The van der Waals surface area contributed by atoms with Crippen LogP contribution in [0.3, 0.4) is 0 Å². The van der Waals surface area contributed by atoms with Gasteiger partial charge in [0, 0.05) is 5.56 Å². The Morgan fingerprint density at radius 1 is 0.885 bits per heavy atom. The molecule has 0 aliphatic carbocycles. The van der Waals surface area contributed by atoms with Crippen LogP contribution in [0.1, 0.15) is 5.89 Å². The number of nitrogens with zero attached hydrogens (tertiary/aromatic N) is 4. The van der Waals surface area contributed by atoms with Gasteiger partial charge >= 0.3 is 0 Å². The molecule has 0 radical (unpaired) electrons. The van der Waals surface area contributed by atoms with E-state index in [2.05, 4.69) is 20.4 Å². The Morgan fingerprint density at radius 2 is 1.65 bits per heavy atom.